The minimum atomic E-state index is -0.862. The molecular weight excluding hydrogens is 370 g/mol. The van der Waals surface area contributed by atoms with E-state index in [1.165, 1.54) is 0 Å². The lowest BCUT2D eigenvalue weighted by molar-refractivity contribution is -0.137. The molecule has 24 heavy (non-hydrogen) atoms. The smallest absolute Gasteiger partial charge is 0.303 e. The van der Waals surface area contributed by atoms with Gasteiger partial charge in [0.25, 0.3) is 0 Å². The fraction of sp³-hybridized carbons (Fsp3) is 0.263. The van der Waals surface area contributed by atoms with Gasteiger partial charge in [0.1, 0.15) is 0 Å². The number of hydrogen-bond donors (Lipinski definition) is 2. The summed E-state index contributed by atoms with van der Waals surface area (Å²) in [5, 5.41) is 11.9. The molecule has 126 valence electrons. The van der Waals surface area contributed by atoms with Crippen LogP contribution in [-0.4, -0.2) is 17.0 Å². The van der Waals surface area contributed by atoms with Crippen LogP contribution in [0.2, 0.25) is 0 Å². The molecular formula is C19H20BrNO3. The molecule has 0 radical (unpaired) electrons. The normalized spacial score (nSPS) is 11.7. The molecule has 1 amide bonds. The first-order valence-electron chi connectivity index (χ1n) is 7.85. The number of amides is 1. The third-order valence-electron chi connectivity index (χ3n) is 3.71. The van der Waals surface area contributed by atoms with Gasteiger partial charge in [-0.25, -0.2) is 0 Å². The van der Waals surface area contributed by atoms with Gasteiger partial charge in [-0.3, -0.25) is 9.59 Å². The minimum Gasteiger partial charge on any atom is -0.481 e. The molecule has 0 saturated carbocycles. The van der Waals surface area contributed by atoms with E-state index in [2.05, 4.69) is 21.2 Å². The summed E-state index contributed by atoms with van der Waals surface area (Å²) in [6.07, 6.45) is 1.41. The van der Waals surface area contributed by atoms with Crippen molar-refractivity contribution in [1.82, 2.24) is 5.32 Å². The average Bonchev–Trinajstić information content (AvgIpc) is 2.57. The molecule has 0 fully saturated rings. The Morgan fingerprint density at radius 2 is 1.79 bits per heavy atom. The lowest BCUT2D eigenvalue weighted by Gasteiger charge is -2.18. The van der Waals surface area contributed by atoms with Gasteiger partial charge in [0, 0.05) is 17.3 Å². The van der Waals surface area contributed by atoms with Crippen molar-refractivity contribution in [2.24, 2.45) is 0 Å². The number of carboxylic acid groups (broad SMARTS) is 1. The molecule has 2 aromatic carbocycles. The first-order valence-corrected chi connectivity index (χ1v) is 8.64. The summed E-state index contributed by atoms with van der Waals surface area (Å²) in [5.74, 6) is -0.937. The maximum Gasteiger partial charge on any atom is 0.303 e. The summed E-state index contributed by atoms with van der Waals surface area (Å²) in [6, 6.07) is 17.1. The van der Waals surface area contributed by atoms with Crippen molar-refractivity contribution in [2.45, 2.75) is 31.7 Å². The fourth-order valence-corrected chi connectivity index (χ4v) is 2.94. The SMILES string of the molecule is O=C(O)CCC(NC(=O)CCc1cccc(Br)c1)c1ccccc1. The van der Waals surface area contributed by atoms with Crippen LogP contribution in [0.15, 0.2) is 59.1 Å². The van der Waals surface area contributed by atoms with E-state index < -0.39 is 5.97 Å². The maximum atomic E-state index is 12.3. The van der Waals surface area contributed by atoms with E-state index in [4.69, 9.17) is 5.11 Å². The van der Waals surface area contributed by atoms with Gasteiger partial charge < -0.3 is 10.4 Å². The Hall–Kier alpha value is -2.14. The summed E-state index contributed by atoms with van der Waals surface area (Å²) < 4.78 is 0.990. The van der Waals surface area contributed by atoms with E-state index in [1.54, 1.807) is 0 Å². The van der Waals surface area contributed by atoms with Gasteiger partial charge in [-0.15, -0.1) is 0 Å². The zero-order valence-corrected chi connectivity index (χ0v) is 14.8. The number of hydrogen-bond acceptors (Lipinski definition) is 2. The number of carbonyl (C=O) groups is 2. The molecule has 0 aliphatic rings. The van der Waals surface area contributed by atoms with E-state index in [9.17, 15) is 9.59 Å². The molecule has 4 nitrogen and oxygen atoms in total. The van der Waals surface area contributed by atoms with E-state index >= 15 is 0 Å². The summed E-state index contributed by atoms with van der Waals surface area (Å²) in [6.45, 7) is 0. The van der Waals surface area contributed by atoms with E-state index in [-0.39, 0.29) is 18.4 Å². The summed E-state index contributed by atoms with van der Waals surface area (Å²) >= 11 is 3.42. The van der Waals surface area contributed by atoms with Crippen molar-refractivity contribution in [3.63, 3.8) is 0 Å². The molecule has 2 N–H and O–H groups in total. The van der Waals surface area contributed by atoms with Crippen LogP contribution < -0.4 is 5.32 Å². The largest absolute Gasteiger partial charge is 0.481 e. The fourth-order valence-electron chi connectivity index (χ4n) is 2.49. The van der Waals surface area contributed by atoms with Crippen LogP contribution in [0.3, 0.4) is 0 Å². The lowest BCUT2D eigenvalue weighted by Crippen LogP contribution is -2.29. The molecule has 2 rings (SSSR count). The van der Waals surface area contributed by atoms with Crippen LogP contribution in [0.5, 0.6) is 0 Å². The highest BCUT2D eigenvalue weighted by Gasteiger charge is 2.15. The number of aliphatic carboxylic acids is 1. The molecule has 0 spiro atoms. The standard InChI is InChI=1S/C19H20BrNO3/c20-16-8-4-5-14(13-16)9-11-18(22)21-17(10-12-19(23)24)15-6-2-1-3-7-15/h1-8,13,17H,9-12H2,(H,21,22)(H,23,24). The van der Waals surface area contributed by atoms with Crippen LogP contribution in [0.4, 0.5) is 0 Å². The van der Waals surface area contributed by atoms with Crippen LogP contribution >= 0.6 is 15.9 Å². The van der Waals surface area contributed by atoms with Gasteiger partial charge in [-0.05, 0) is 36.1 Å². The number of carbonyl (C=O) groups excluding carboxylic acids is 1. The van der Waals surface area contributed by atoms with Crippen LogP contribution in [0.25, 0.3) is 0 Å². The Balaban J connectivity index is 1.95. The number of aryl methyl sites for hydroxylation is 1. The van der Waals surface area contributed by atoms with Crippen LogP contribution in [0.1, 0.15) is 36.4 Å². The number of rotatable bonds is 8. The van der Waals surface area contributed by atoms with Gasteiger partial charge in [0.2, 0.25) is 5.91 Å². The van der Waals surface area contributed by atoms with Crippen molar-refractivity contribution in [3.8, 4) is 0 Å². The van der Waals surface area contributed by atoms with E-state index in [0.29, 0.717) is 19.3 Å². The van der Waals surface area contributed by atoms with Crippen LogP contribution in [0, 0.1) is 0 Å². The Kier molecular flexibility index (Phi) is 7.00. The molecule has 0 aliphatic carbocycles. The van der Waals surface area contributed by atoms with Crippen molar-refractivity contribution in [1.29, 1.82) is 0 Å². The average molecular weight is 390 g/mol. The predicted molar refractivity (Wildman–Crippen MR) is 96.7 cm³/mol. The Morgan fingerprint density at radius 3 is 2.46 bits per heavy atom. The Morgan fingerprint density at radius 1 is 1.04 bits per heavy atom. The molecule has 2 aromatic rings. The molecule has 0 aliphatic heterocycles. The summed E-state index contributed by atoms with van der Waals surface area (Å²) in [5.41, 5.74) is 2.01. The second-order valence-corrected chi connectivity index (χ2v) is 6.51. The number of halogens is 1. The van der Waals surface area contributed by atoms with Crippen molar-refractivity contribution < 1.29 is 14.7 Å². The predicted octanol–water partition coefficient (Wildman–Crippen LogP) is 4.10. The third-order valence-corrected chi connectivity index (χ3v) is 4.21. The van der Waals surface area contributed by atoms with Crippen LogP contribution in [-0.2, 0) is 16.0 Å². The first kappa shape index (κ1) is 18.2. The van der Waals surface area contributed by atoms with Gasteiger partial charge in [0.05, 0.1) is 6.04 Å². The first-order chi connectivity index (χ1) is 11.5. The Bertz CT molecular complexity index is 688. The zero-order valence-electron chi connectivity index (χ0n) is 13.2. The lowest BCUT2D eigenvalue weighted by atomic mass is 10.0. The topological polar surface area (TPSA) is 66.4 Å². The number of nitrogens with one attached hydrogen (secondary N) is 1. The molecule has 0 heterocycles. The van der Waals surface area contributed by atoms with E-state index in [1.807, 2.05) is 54.6 Å². The molecule has 0 bridgehead atoms. The second kappa shape index (κ2) is 9.23. The molecule has 0 saturated heterocycles. The molecule has 0 aromatic heterocycles. The van der Waals surface area contributed by atoms with Crippen molar-refractivity contribution in [3.05, 3.63) is 70.2 Å². The monoisotopic (exact) mass is 389 g/mol. The summed E-state index contributed by atoms with van der Waals surface area (Å²) in [4.78, 5) is 23.1. The highest BCUT2D eigenvalue weighted by Crippen LogP contribution is 2.19. The van der Waals surface area contributed by atoms with Crippen molar-refractivity contribution in [2.75, 3.05) is 0 Å². The molecule has 5 heteroatoms. The van der Waals surface area contributed by atoms with Gasteiger partial charge >= 0.3 is 5.97 Å². The highest BCUT2D eigenvalue weighted by atomic mass is 79.9. The molecule has 1 atom stereocenters. The highest BCUT2D eigenvalue weighted by molar-refractivity contribution is 9.10. The maximum absolute atomic E-state index is 12.3. The van der Waals surface area contributed by atoms with Gasteiger partial charge in [-0.2, -0.15) is 0 Å². The van der Waals surface area contributed by atoms with Crippen molar-refractivity contribution >= 4 is 27.8 Å². The second-order valence-electron chi connectivity index (χ2n) is 5.59. The molecule has 1 unspecified atom stereocenters. The number of carboxylic acids is 1. The van der Waals surface area contributed by atoms with Gasteiger partial charge in [0.15, 0.2) is 0 Å². The third kappa shape index (κ3) is 6.16. The zero-order chi connectivity index (χ0) is 17.4. The number of benzene rings is 2. The summed E-state index contributed by atoms with van der Waals surface area (Å²) in [7, 11) is 0. The minimum absolute atomic E-state index is 0.0193. The quantitative estimate of drug-likeness (QED) is 0.713. The Labute approximate surface area is 150 Å². The van der Waals surface area contributed by atoms with E-state index in [0.717, 1.165) is 15.6 Å². The van der Waals surface area contributed by atoms with Gasteiger partial charge in [-0.1, -0.05) is 58.4 Å².